The van der Waals surface area contributed by atoms with Crippen LogP contribution >= 0.6 is 0 Å². The van der Waals surface area contributed by atoms with Crippen molar-refractivity contribution in [1.82, 2.24) is 39.7 Å². The molecule has 9 aromatic carbocycles. The zero-order chi connectivity index (χ0) is 69.3. The summed E-state index contributed by atoms with van der Waals surface area (Å²) in [7, 11) is 0. The second-order valence-electron chi connectivity index (χ2n) is 25.8. The number of morpholine rings is 1. The number of aromatic nitrogens is 6. The standard InChI is InChI=1S/C31H31N5O.C30H28N4O3.C23H15N3O/c1-3-15-35-16-18-36(19-17-35)23-13-11-21(12-14-23)24-5-4-6-25-26(24)29-27(30(25)37)28(33-31(32)34-29)22-9-7-20(2)8-10-22;1-19-5-7-21(8-6-19)27-26-28(33-30(31)32-27)25-23(3-2-4-24(25)29(26)35)20-9-11-22(12-10-20)37-18-15-34-13-16-36-17-14-34;24-23-25-20(15-10-5-2-6-11-15)19-21(26-23)18-16(14-8-3-1-4-9-14)12-7-13-17(18)22(19)27/h4-14H,3,15-19H2,1-2H3,(H2,32,33,34);2-12H,13-18H2,1H3,(H2,31,32,33);1-13H,(H2,24,25,26). The molecule has 2 saturated heterocycles. The number of carbonyl (C=O) groups excluding carboxylic acids is 3. The first-order valence-corrected chi connectivity index (χ1v) is 34.3. The minimum Gasteiger partial charge on any atom is -0.492 e. The van der Waals surface area contributed by atoms with Crippen molar-refractivity contribution in [3.63, 3.8) is 0 Å². The number of rotatable bonds is 13. The lowest BCUT2D eigenvalue weighted by Crippen LogP contribution is -2.46. The summed E-state index contributed by atoms with van der Waals surface area (Å²) in [6.07, 6.45) is 1.20. The van der Waals surface area contributed by atoms with Gasteiger partial charge in [0, 0.05) is 102 Å². The zero-order valence-corrected chi connectivity index (χ0v) is 56.5. The topological polar surface area (TPSA) is 235 Å². The van der Waals surface area contributed by atoms with Crippen LogP contribution in [0.15, 0.2) is 212 Å². The first-order chi connectivity index (χ1) is 49.3. The molecule has 3 aliphatic carbocycles. The van der Waals surface area contributed by atoms with E-state index in [1.54, 1.807) is 0 Å². The summed E-state index contributed by atoms with van der Waals surface area (Å²) in [6, 6.07) is 69.6. The Bertz CT molecular complexity index is 5130. The van der Waals surface area contributed by atoms with Gasteiger partial charge in [-0.25, -0.2) is 29.9 Å². The van der Waals surface area contributed by atoms with E-state index in [9.17, 15) is 14.4 Å². The molecule has 2 fully saturated rings. The minimum atomic E-state index is -0.0782. The Morgan fingerprint density at radius 3 is 1.12 bits per heavy atom. The summed E-state index contributed by atoms with van der Waals surface area (Å²) in [5.41, 5.74) is 39.9. The van der Waals surface area contributed by atoms with Crippen molar-refractivity contribution in [3.05, 3.63) is 257 Å². The van der Waals surface area contributed by atoms with Gasteiger partial charge in [-0.2, -0.15) is 0 Å². The molecule has 500 valence electrons. The van der Waals surface area contributed by atoms with E-state index in [-0.39, 0.29) is 35.2 Å². The van der Waals surface area contributed by atoms with Gasteiger partial charge in [0.1, 0.15) is 12.4 Å². The zero-order valence-electron chi connectivity index (χ0n) is 56.5. The molecule has 17 rings (SSSR count). The van der Waals surface area contributed by atoms with Crippen molar-refractivity contribution in [3.8, 4) is 107 Å². The number of carbonyl (C=O) groups is 3. The third-order valence-electron chi connectivity index (χ3n) is 19.3. The molecule has 5 heterocycles. The molecular weight excluding hydrogens is 1260 g/mol. The van der Waals surface area contributed by atoms with E-state index < -0.39 is 0 Å². The molecule has 0 unspecified atom stereocenters. The van der Waals surface area contributed by atoms with Gasteiger partial charge in [-0.05, 0) is 84.5 Å². The Morgan fingerprint density at radius 2 is 0.703 bits per heavy atom. The third-order valence-corrected chi connectivity index (χ3v) is 19.3. The maximum absolute atomic E-state index is 13.6. The van der Waals surface area contributed by atoms with Crippen LogP contribution in [0.2, 0.25) is 0 Å². The normalized spacial score (nSPS) is 14.2. The van der Waals surface area contributed by atoms with Crippen LogP contribution in [-0.4, -0.2) is 129 Å². The molecule has 17 nitrogen and oxygen atoms in total. The maximum Gasteiger partial charge on any atom is 0.221 e. The summed E-state index contributed by atoms with van der Waals surface area (Å²) in [5.74, 6) is 1.10. The van der Waals surface area contributed by atoms with Crippen molar-refractivity contribution in [1.29, 1.82) is 0 Å². The number of piperazine rings is 1. The molecule has 6 N–H and O–H groups in total. The number of benzene rings is 9. The highest BCUT2D eigenvalue weighted by molar-refractivity contribution is 6.27. The van der Waals surface area contributed by atoms with Crippen LogP contribution in [0.25, 0.3) is 101 Å². The van der Waals surface area contributed by atoms with E-state index in [1.807, 2.05) is 196 Å². The van der Waals surface area contributed by atoms with Gasteiger partial charge in [0.25, 0.3) is 0 Å². The largest absolute Gasteiger partial charge is 0.492 e. The Kier molecular flexibility index (Phi) is 18.1. The van der Waals surface area contributed by atoms with Gasteiger partial charge >= 0.3 is 0 Å². The van der Waals surface area contributed by atoms with Crippen LogP contribution in [0.5, 0.6) is 5.75 Å². The summed E-state index contributed by atoms with van der Waals surface area (Å²) in [6.45, 7) is 16.7. The average Bonchev–Trinajstić information content (AvgIpc) is 1.60. The molecule has 5 aliphatic rings. The van der Waals surface area contributed by atoms with Gasteiger partial charge in [-0.3, -0.25) is 24.2 Å². The van der Waals surface area contributed by atoms with Crippen molar-refractivity contribution in [2.24, 2.45) is 0 Å². The van der Waals surface area contributed by atoms with Crippen LogP contribution in [0, 0.1) is 13.8 Å². The van der Waals surface area contributed by atoms with E-state index in [0.29, 0.717) is 74.2 Å². The number of hydrogen-bond acceptors (Lipinski definition) is 17. The van der Waals surface area contributed by atoms with Crippen LogP contribution in [0.4, 0.5) is 23.5 Å². The first kappa shape index (κ1) is 65.1. The lowest BCUT2D eigenvalue weighted by atomic mass is 9.96. The average molecular weight is 1330 g/mol. The predicted octanol–water partition coefficient (Wildman–Crippen LogP) is 14.7. The molecular formula is C84H74N12O5. The molecule has 0 bridgehead atoms. The van der Waals surface area contributed by atoms with Gasteiger partial charge in [0.15, 0.2) is 17.3 Å². The van der Waals surface area contributed by atoms with Gasteiger partial charge in [-0.1, -0.05) is 206 Å². The van der Waals surface area contributed by atoms with E-state index in [4.69, 9.17) is 26.7 Å². The van der Waals surface area contributed by atoms with Crippen LogP contribution < -0.4 is 26.8 Å². The Labute approximate surface area is 586 Å². The van der Waals surface area contributed by atoms with Crippen molar-refractivity contribution in [2.45, 2.75) is 27.2 Å². The summed E-state index contributed by atoms with van der Waals surface area (Å²) in [5, 5.41) is 0. The van der Waals surface area contributed by atoms with E-state index in [0.717, 1.165) is 143 Å². The number of nitrogen functional groups attached to an aromatic ring is 3. The quantitative estimate of drug-likeness (QED) is 0.0973. The van der Waals surface area contributed by atoms with E-state index >= 15 is 0 Å². The number of aryl methyl sites for hydroxylation is 2. The first-order valence-electron chi connectivity index (χ1n) is 34.3. The van der Waals surface area contributed by atoms with E-state index in [1.165, 1.54) is 18.7 Å². The Balaban J connectivity index is 0.000000124. The van der Waals surface area contributed by atoms with Gasteiger partial charge in [0.2, 0.25) is 17.8 Å². The maximum atomic E-state index is 13.6. The van der Waals surface area contributed by atoms with E-state index in [2.05, 4.69) is 81.9 Å². The number of fused-ring (bicyclic) bond motifs is 9. The molecule has 0 saturated carbocycles. The molecule has 0 atom stereocenters. The molecule has 0 radical (unpaired) electrons. The van der Waals surface area contributed by atoms with Crippen LogP contribution in [-0.2, 0) is 4.74 Å². The summed E-state index contributed by atoms with van der Waals surface area (Å²) in [4.78, 5) is 74.8. The lowest BCUT2D eigenvalue weighted by Gasteiger charge is -2.36. The number of anilines is 4. The Morgan fingerprint density at radius 1 is 0.356 bits per heavy atom. The van der Waals surface area contributed by atoms with Gasteiger partial charge in [0.05, 0.1) is 64.1 Å². The SMILES string of the molecule is CCCN1CCN(c2ccc(-c3cccc4c3-c3nc(N)nc(-c5ccc(C)cc5)c3C4=O)cc2)CC1.Cc1ccc(-c2nc(N)nc3c2C(=O)c2cccc(-c4ccc(OCCN5CCOCC5)cc4)c2-3)cc1.Nc1nc(-c2ccccc2)c2c(n1)-c1c(cccc1-c1ccccc1)C2=O. The number of hydrogen-bond donors (Lipinski definition) is 3. The molecule has 101 heavy (non-hydrogen) atoms. The minimum absolute atomic E-state index is 0.0519. The lowest BCUT2D eigenvalue weighted by molar-refractivity contribution is 0.0322. The van der Waals surface area contributed by atoms with Crippen molar-refractivity contribution < 1.29 is 23.9 Å². The smallest absolute Gasteiger partial charge is 0.221 e. The van der Waals surface area contributed by atoms with Crippen molar-refractivity contribution >= 4 is 40.9 Å². The highest BCUT2D eigenvalue weighted by atomic mass is 16.5. The fourth-order valence-corrected chi connectivity index (χ4v) is 14.2. The van der Waals surface area contributed by atoms with Crippen molar-refractivity contribution in [2.75, 3.05) is 94.3 Å². The third kappa shape index (κ3) is 12.9. The number of ether oxygens (including phenoxy) is 2. The number of nitrogens with two attached hydrogens (primary N) is 3. The second kappa shape index (κ2) is 28.2. The fraction of sp³-hybridized carbons (Fsp3) is 0.179. The van der Waals surface area contributed by atoms with Gasteiger partial charge < -0.3 is 31.6 Å². The molecule has 17 heteroatoms. The molecule has 0 amide bonds. The molecule has 12 aromatic rings. The number of ketones is 3. The highest BCUT2D eigenvalue weighted by Crippen LogP contribution is 2.49. The summed E-state index contributed by atoms with van der Waals surface area (Å²) < 4.78 is 11.4. The monoisotopic (exact) mass is 1330 g/mol. The Hall–Kier alpha value is -11.9. The van der Waals surface area contributed by atoms with Gasteiger partial charge in [-0.15, -0.1) is 0 Å². The molecule has 3 aromatic heterocycles. The highest BCUT2D eigenvalue weighted by Gasteiger charge is 2.38. The fourth-order valence-electron chi connectivity index (χ4n) is 14.2. The van der Waals surface area contributed by atoms with Crippen LogP contribution in [0.3, 0.4) is 0 Å². The number of nitrogens with zero attached hydrogens (tertiary/aromatic N) is 9. The predicted molar refractivity (Wildman–Crippen MR) is 400 cm³/mol. The second-order valence-corrected chi connectivity index (χ2v) is 25.8. The molecule has 2 aliphatic heterocycles. The van der Waals surface area contributed by atoms with Crippen LogP contribution in [0.1, 0.15) is 72.2 Å². The summed E-state index contributed by atoms with van der Waals surface area (Å²) >= 11 is 0. The molecule has 0 spiro atoms.